The van der Waals surface area contributed by atoms with Crippen molar-refractivity contribution in [3.05, 3.63) is 22.7 Å². The van der Waals surface area contributed by atoms with Crippen molar-refractivity contribution < 1.29 is 9.84 Å². The van der Waals surface area contributed by atoms with Crippen molar-refractivity contribution in [1.29, 1.82) is 0 Å². The van der Waals surface area contributed by atoms with Crippen molar-refractivity contribution in [2.24, 2.45) is 0 Å². The van der Waals surface area contributed by atoms with Crippen LogP contribution in [-0.2, 0) is 4.74 Å². The highest BCUT2D eigenvalue weighted by molar-refractivity contribution is 9.10. The number of methoxy groups -OCH3 is 1. The van der Waals surface area contributed by atoms with Crippen LogP contribution in [0.15, 0.2) is 22.7 Å². The van der Waals surface area contributed by atoms with Crippen molar-refractivity contribution in [2.75, 3.05) is 31.4 Å². The monoisotopic (exact) mass is 288 g/mol. The van der Waals surface area contributed by atoms with Crippen LogP contribution in [0.2, 0.25) is 0 Å². The van der Waals surface area contributed by atoms with E-state index in [1.54, 1.807) is 7.11 Å². The van der Waals surface area contributed by atoms with E-state index in [9.17, 15) is 0 Å². The minimum atomic E-state index is 0.0925. The summed E-state index contributed by atoms with van der Waals surface area (Å²) in [6.45, 7) is 0.686. The predicted molar refractivity (Wildman–Crippen MR) is 69.5 cm³/mol. The van der Waals surface area contributed by atoms with Gasteiger partial charge < -0.3 is 20.9 Å². The maximum Gasteiger partial charge on any atom is 0.0664 e. The topological polar surface area (TPSA) is 67.5 Å². The lowest BCUT2D eigenvalue weighted by Gasteiger charge is -2.19. The highest BCUT2D eigenvalue weighted by Crippen LogP contribution is 2.25. The maximum absolute atomic E-state index is 8.93. The first-order chi connectivity index (χ1) is 7.67. The minimum absolute atomic E-state index is 0.0925. The molecule has 0 aliphatic heterocycles. The standard InChI is InChI=1S/C11H17BrN2O2/c1-16-7-9(4-5-15)14-11-3-2-8(13)6-10(11)12/h2-3,6,9,14-15H,4-5,7,13H2,1H3. The van der Waals surface area contributed by atoms with Gasteiger partial charge in [0.05, 0.1) is 12.6 Å². The summed E-state index contributed by atoms with van der Waals surface area (Å²) >= 11 is 3.43. The third kappa shape index (κ3) is 4.00. The molecule has 0 fully saturated rings. The highest BCUT2D eigenvalue weighted by Gasteiger charge is 2.09. The zero-order valence-electron chi connectivity index (χ0n) is 9.24. The maximum atomic E-state index is 8.93. The number of anilines is 2. The average molecular weight is 289 g/mol. The second-order valence-corrected chi connectivity index (χ2v) is 4.40. The van der Waals surface area contributed by atoms with Gasteiger partial charge in [-0.3, -0.25) is 0 Å². The molecule has 0 bridgehead atoms. The minimum Gasteiger partial charge on any atom is -0.399 e. The van der Waals surface area contributed by atoms with Crippen LogP contribution in [0.4, 0.5) is 11.4 Å². The molecule has 1 unspecified atom stereocenters. The fourth-order valence-corrected chi connectivity index (χ4v) is 1.93. The largest absolute Gasteiger partial charge is 0.399 e. The number of hydrogen-bond acceptors (Lipinski definition) is 4. The highest BCUT2D eigenvalue weighted by atomic mass is 79.9. The molecule has 0 radical (unpaired) electrons. The van der Waals surface area contributed by atoms with E-state index < -0.39 is 0 Å². The number of aliphatic hydroxyl groups is 1. The normalized spacial score (nSPS) is 12.4. The molecular weight excluding hydrogens is 272 g/mol. The summed E-state index contributed by atoms with van der Waals surface area (Å²) in [6.07, 6.45) is 0.644. The smallest absolute Gasteiger partial charge is 0.0664 e. The van der Waals surface area contributed by atoms with Gasteiger partial charge in [-0.2, -0.15) is 0 Å². The lowest BCUT2D eigenvalue weighted by molar-refractivity contribution is 0.170. The Bertz CT molecular complexity index is 328. The van der Waals surface area contributed by atoms with Gasteiger partial charge in [-0.25, -0.2) is 0 Å². The Hall–Kier alpha value is -0.780. The number of halogens is 1. The van der Waals surface area contributed by atoms with E-state index in [2.05, 4.69) is 21.2 Å². The van der Waals surface area contributed by atoms with Gasteiger partial charge in [0.15, 0.2) is 0 Å². The number of hydrogen-bond donors (Lipinski definition) is 3. The quantitative estimate of drug-likeness (QED) is 0.699. The predicted octanol–water partition coefficient (Wildman–Crippen LogP) is 1.84. The molecule has 4 nitrogen and oxygen atoms in total. The molecule has 0 amide bonds. The number of nitrogens with one attached hydrogen (secondary N) is 1. The van der Waals surface area contributed by atoms with Crippen LogP contribution >= 0.6 is 15.9 Å². The Balaban J connectivity index is 2.68. The van der Waals surface area contributed by atoms with Crippen LogP contribution in [0.1, 0.15) is 6.42 Å². The van der Waals surface area contributed by atoms with Gasteiger partial charge >= 0.3 is 0 Å². The van der Waals surface area contributed by atoms with Gasteiger partial charge in [-0.1, -0.05) is 0 Å². The second-order valence-electron chi connectivity index (χ2n) is 3.55. The Morgan fingerprint density at radius 1 is 1.56 bits per heavy atom. The van der Waals surface area contributed by atoms with Crippen molar-refractivity contribution in [2.45, 2.75) is 12.5 Å². The Morgan fingerprint density at radius 3 is 2.88 bits per heavy atom. The summed E-state index contributed by atoms with van der Waals surface area (Å²) in [5.41, 5.74) is 7.31. The molecule has 1 aromatic carbocycles. The van der Waals surface area contributed by atoms with Gasteiger partial charge in [-0.15, -0.1) is 0 Å². The van der Waals surface area contributed by atoms with E-state index in [0.717, 1.165) is 10.2 Å². The van der Waals surface area contributed by atoms with Gasteiger partial charge in [0.25, 0.3) is 0 Å². The van der Waals surface area contributed by atoms with Gasteiger partial charge in [0.2, 0.25) is 0 Å². The van der Waals surface area contributed by atoms with Crippen LogP contribution in [-0.4, -0.2) is 31.5 Å². The number of benzene rings is 1. The van der Waals surface area contributed by atoms with E-state index in [1.807, 2.05) is 18.2 Å². The molecule has 0 saturated carbocycles. The van der Waals surface area contributed by atoms with Crippen LogP contribution < -0.4 is 11.1 Å². The fraction of sp³-hybridized carbons (Fsp3) is 0.455. The molecule has 4 N–H and O–H groups in total. The molecule has 0 aliphatic carbocycles. The molecule has 1 rings (SSSR count). The van der Waals surface area contributed by atoms with Crippen LogP contribution in [0, 0.1) is 0 Å². The van der Waals surface area contributed by atoms with Gasteiger partial charge in [-0.05, 0) is 40.5 Å². The van der Waals surface area contributed by atoms with E-state index in [0.29, 0.717) is 18.7 Å². The summed E-state index contributed by atoms with van der Waals surface area (Å²) in [4.78, 5) is 0. The first-order valence-corrected chi connectivity index (χ1v) is 5.88. The van der Waals surface area contributed by atoms with E-state index in [-0.39, 0.29) is 12.6 Å². The van der Waals surface area contributed by atoms with Crippen LogP contribution in [0.3, 0.4) is 0 Å². The van der Waals surface area contributed by atoms with Crippen molar-refractivity contribution >= 4 is 27.3 Å². The number of nitrogens with two attached hydrogens (primary N) is 1. The zero-order valence-corrected chi connectivity index (χ0v) is 10.8. The van der Waals surface area contributed by atoms with Crippen molar-refractivity contribution in [1.82, 2.24) is 0 Å². The van der Waals surface area contributed by atoms with Crippen LogP contribution in [0.25, 0.3) is 0 Å². The molecule has 90 valence electrons. The molecule has 0 saturated heterocycles. The van der Waals surface area contributed by atoms with Crippen LogP contribution in [0.5, 0.6) is 0 Å². The summed E-state index contributed by atoms with van der Waals surface area (Å²) < 4.78 is 5.99. The third-order valence-electron chi connectivity index (χ3n) is 2.20. The van der Waals surface area contributed by atoms with E-state index in [1.165, 1.54) is 0 Å². The molecule has 1 aromatic rings. The molecule has 1 atom stereocenters. The van der Waals surface area contributed by atoms with Crippen molar-refractivity contribution in [3.63, 3.8) is 0 Å². The number of ether oxygens (including phenoxy) is 1. The molecule has 0 aromatic heterocycles. The molecule has 0 aliphatic rings. The molecule has 0 spiro atoms. The Kier molecular flexibility index (Phi) is 5.59. The lowest BCUT2D eigenvalue weighted by atomic mass is 10.2. The summed E-state index contributed by atoms with van der Waals surface area (Å²) in [6, 6.07) is 5.66. The van der Waals surface area contributed by atoms with E-state index >= 15 is 0 Å². The molecule has 0 heterocycles. The third-order valence-corrected chi connectivity index (χ3v) is 2.85. The lowest BCUT2D eigenvalue weighted by Crippen LogP contribution is -2.26. The molecular formula is C11H17BrN2O2. The number of rotatable bonds is 6. The first-order valence-electron chi connectivity index (χ1n) is 5.08. The van der Waals surface area contributed by atoms with Gasteiger partial charge in [0.1, 0.15) is 0 Å². The molecule has 16 heavy (non-hydrogen) atoms. The zero-order chi connectivity index (χ0) is 12.0. The summed E-state index contributed by atoms with van der Waals surface area (Å²) in [5, 5.41) is 12.2. The SMILES string of the molecule is COCC(CCO)Nc1ccc(N)cc1Br. The Labute approximate surface area is 104 Å². The Morgan fingerprint density at radius 2 is 2.31 bits per heavy atom. The van der Waals surface area contributed by atoms with E-state index in [4.69, 9.17) is 15.6 Å². The summed E-state index contributed by atoms with van der Waals surface area (Å²) in [5.74, 6) is 0. The fourth-order valence-electron chi connectivity index (χ4n) is 1.42. The van der Waals surface area contributed by atoms with Gasteiger partial charge in [0, 0.05) is 29.6 Å². The second kappa shape index (κ2) is 6.73. The summed E-state index contributed by atoms with van der Waals surface area (Å²) in [7, 11) is 1.64. The van der Waals surface area contributed by atoms with Crippen molar-refractivity contribution in [3.8, 4) is 0 Å². The first kappa shape index (κ1) is 13.3. The number of aliphatic hydroxyl groups excluding tert-OH is 1. The average Bonchev–Trinajstić information content (AvgIpc) is 2.23. The number of nitrogen functional groups attached to an aromatic ring is 1. The molecule has 5 heteroatoms.